The SMILES string of the molecule is COc1ccc(C(C)=NNC(=O)Cc2ccc(Cl)cc2)c(OC)c1. The first kappa shape index (κ1) is 17.8. The summed E-state index contributed by atoms with van der Waals surface area (Å²) in [6, 6.07) is 12.5. The fourth-order valence-electron chi connectivity index (χ4n) is 2.13. The summed E-state index contributed by atoms with van der Waals surface area (Å²) in [6.07, 6.45) is 0.230. The van der Waals surface area contributed by atoms with Crippen LogP contribution in [0.5, 0.6) is 11.5 Å². The third-order valence-corrected chi connectivity index (χ3v) is 3.68. The molecular weight excluding hydrogens is 328 g/mol. The van der Waals surface area contributed by atoms with E-state index in [1.54, 1.807) is 39.3 Å². The standard InChI is InChI=1S/C18H19ClN2O3/c1-12(16-9-8-15(23-2)11-17(16)24-3)20-21-18(22)10-13-4-6-14(19)7-5-13/h4-9,11H,10H2,1-3H3,(H,21,22). The van der Waals surface area contributed by atoms with Crippen LogP contribution >= 0.6 is 11.6 Å². The molecule has 0 aromatic heterocycles. The van der Waals surface area contributed by atoms with E-state index >= 15 is 0 Å². The molecule has 0 radical (unpaired) electrons. The maximum Gasteiger partial charge on any atom is 0.244 e. The van der Waals surface area contributed by atoms with Crippen molar-refractivity contribution in [2.75, 3.05) is 14.2 Å². The van der Waals surface area contributed by atoms with Gasteiger partial charge in [-0.15, -0.1) is 0 Å². The quantitative estimate of drug-likeness (QED) is 0.644. The Bertz CT molecular complexity index is 742. The molecule has 126 valence electrons. The van der Waals surface area contributed by atoms with E-state index in [4.69, 9.17) is 21.1 Å². The first-order valence-corrected chi connectivity index (χ1v) is 7.71. The van der Waals surface area contributed by atoms with Gasteiger partial charge in [-0.05, 0) is 36.8 Å². The van der Waals surface area contributed by atoms with Crippen LogP contribution < -0.4 is 14.9 Å². The molecule has 0 heterocycles. The van der Waals surface area contributed by atoms with Crippen LogP contribution in [0.2, 0.25) is 5.02 Å². The average molecular weight is 347 g/mol. The first-order chi connectivity index (χ1) is 11.5. The Morgan fingerprint density at radius 2 is 1.83 bits per heavy atom. The largest absolute Gasteiger partial charge is 0.497 e. The highest BCUT2D eigenvalue weighted by Crippen LogP contribution is 2.25. The normalized spacial score (nSPS) is 11.1. The van der Waals surface area contributed by atoms with Crippen molar-refractivity contribution in [3.05, 3.63) is 58.6 Å². The zero-order valence-corrected chi connectivity index (χ0v) is 14.6. The summed E-state index contributed by atoms with van der Waals surface area (Å²) in [5.41, 5.74) is 4.84. The molecule has 0 bridgehead atoms. The van der Waals surface area contributed by atoms with Crippen molar-refractivity contribution < 1.29 is 14.3 Å². The van der Waals surface area contributed by atoms with Gasteiger partial charge in [0.05, 0.1) is 26.4 Å². The number of hydrogen-bond donors (Lipinski definition) is 1. The number of ether oxygens (including phenoxy) is 2. The maximum atomic E-state index is 12.0. The molecule has 0 saturated carbocycles. The van der Waals surface area contributed by atoms with E-state index in [-0.39, 0.29) is 12.3 Å². The van der Waals surface area contributed by atoms with Gasteiger partial charge in [-0.1, -0.05) is 23.7 Å². The van der Waals surface area contributed by atoms with Crippen molar-refractivity contribution >= 4 is 23.2 Å². The topological polar surface area (TPSA) is 59.9 Å². The number of hydrogen-bond acceptors (Lipinski definition) is 4. The number of carbonyl (C=O) groups is 1. The smallest absolute Gasteiger partial charge is 0.244 e. The summed E-state index contributed by atoms with van der Waals surface area (Å²) in [5.74, 6) is 1.11. The molecule has 5 nitrogen and oxygen atoms in total. The van der Waals surface area contributed by atoms with Crippen molar-refractivity contribution in [2.45, 2.75) is 13.3 Å². The Morgan fingerprint density at radius 3 is 2.46 bits per heavy atom. The summed E-state index contributed by atoms with van der Waals surface area (Å²) in [5, 5.41) is 4.78. The number of amides is 1. The summed E-state index contributed by atoms with van der Waals surface area (Å²) in [6.45, 7) is 1.80. The summed E-state index contributed by atoms with van der Waals surface area (Å²) < 4.78 is 10.5. The minimum Gasteiger partial charge on any atom is -0.497 e. The van der Waals surface area contributed by atoms with Crippen molar-refractivity contribution in [1.82, 2.24) is 5.43 Å². The van der Waals surface area contributed by atoms with Crippen LogP contribution in [-0.2, 0) is 11.2 Å². The summed E-state index contributed by atoms with van der Waals surface area (Å²) in [4.78, 5) is 12.0. The number of rotatable bonds is 6. The fraction of sp³-hybridized carbons (Fsp3) is 0.222. The van der Waals surface area contributed by atoms with Gasteiger partial charge in [-0.3, -0.25) is 4.79 Å². The molecule has 1 N–H and O–H groups in total. The Kier molecular flexibility index (Phi) is 6.21. The lowest BCUT2D eigenvalue weighted by Crippen LogP contribution is -2.21. The lowest BCUT2D eigenvalue weighted by Gasteiger charge is -2.10. The van der Waals surface area contributed by atoms with Crippen LogP contribution in [0, 0.1) is 0 Å². The van der Waals surface area contributed by atoms with E-state index in [0.717, 1.165) is 11.1 Å². The van der Waals surface area contributed by atoms with Crippen LogP contribution in [0.25, 0.3) is 0 Å². The van der Waals surface area contributed by atoms with Crippen LogP contribution in [0.3, 0.4) is 0 Å². The van der Waals surface area contributed by atoms with Gasteiger partial charge in [0.2, 0.25) is 5.91 Å². The molecule has 6 heteroatoms. The lowest BCUT2D eigenvalue weighted by molar-refractivity contribution is -0.120. The van der Waals surface area contributed by atoms with E-state index in [9.17, 15) is 4.79 Å². The Balaban J connectivity index is 2.05. The molecule has 0 unspecified atom stereocenters. The zero-order valence-electron chi connectivity index (χ0n) is 13.8. The molecule has 0 saturated heterocycles. The van der Waals surface area contributed by atoms with E-state index in [1.807, 2.05) is 24.3 Å². The number of nitrogens with one attached hydrogen (secondary N) is 1. The van der Waals surface area contributed by atoms with E-state index in [1.165, 1.54) is 0 Å². The molecule has 0 fully saturated rings. The van der Waals surface area contributed by atoms with Crippen LogP contribution in [0.4, 0.5) is 0 Å². The summed E-state index contributed by atoms with van der Waals surface area (Å²) >= 11 is 5.83. The molecular formula is C18H19ClN2O3. The number of halogens is 1. The molecule has 2 rings (SSSR count). The van der Waals surface area contributed by atoms with Crippen molar-refractivity contribution in [1.29, 1.82) is 0 Å². The summed E-state index contributed by atoms with van der Waals surface area (Å²) in [7, 11) is 3.16. The maximum absolute atomic E-state index is 12.0. The second kappa shape index (κ2) is 8.36. The molecule has 2 aromatic rings. The number of benzene rings is 2. The third kappa shape index (κ3) is 4.73. The number of hydrazone groups is 1. The van der Waals surface area contributed by atoms with Crippen LogP contribution in [0.1, 0.15) is 18.1 Å². The lowest BCUT2D eigenvalue weighted by atomic mass is 10.1. The third-order valence-electron chi connectivity index (χ3n) is 3.42. The second-order valence-corrected chi connectivity index (χ2v) is 5.54. The van der Waals surface area contributed by atoms with E-state index < -0.39 is 0 Å². The molecule has 0 aliphatic heterocycles. The molecule has 0 aliphatic carbocycles. The minimum absolute atomic E-state index is 0.204. The number of carbonyl (C=O) groups excluding carboxylic acids is 1. The Labute approximate surface area is 146 Å². The molecule has 24 heavy (non-hydrogen) atoms. The van der Waals surface area contributed by atoms with Crippen molar-refractivity contribution in [3.8, 4) is 11.5 Å². The van der Waals surface area contributed by atoms with Crippen LogP contribution in [0.15, 0.2) is 47.6 Å². The molecule has 1 amide bonds. The Hall–Kier alpha value is -2.53. The highest BCUT2D eigenvalue weighted by Gasteiger charge is 2.09. The van der Waals surface area contributed by atoms with Gasteiger partial charge in [0, 0.05) is 16.7 Å². The second-order valence-electron chi connectivity index (χ2n) is 5.10. The first-order valence-electron chi connectivity index (χ1n) is 7.33. The minimum atomic E-state index is -0.204. The highest BCUT2D eigenvalue weighted by atomic mass is 35.5. The Morgan fingerprint density at radius 1 is 1.12 bits per heavy atom. The van der Waals surface area contributed by atoms with Crippen molar-refractivity contribution in [2.24, 2.45) is 5.10 Å². The van der Waals surface area contributed by atoms with Gasteiger partial charge in [0.15, 0.2) is 0 Å². The number of nitrogens with zero attached hydrogens (tertiary/aromatic N) is 1. The fourth-order valence-corrected chi connectivity index (χ4v) is 2.26. The van der Waals surface area contributed by atoms with Gasteiger partial charge >= 0.3 is 0 Å². The van der Waals surface area contributed by atoms with E-state index in [0.29, 0.717) is 22.2 Å². The van der Waals surface area contributed by atoms with Gasteiger partial charge in [0.1, 0.15) is 11.5 Å². The van der Waals surface area contributed by atoms with Gasteiger partial charge in [0.25, 0.3) is 0 Å². The van der Waals surface area contributed by atoms with Gasteiger partial charge < -0.3 is 9.47 Å². The predicted octanol–water partition coefficient (Wildman–Crippen LogP) is 3.44. The molecule has 0 aliphatic rings. The highest BCUT2D eigenvalue weighted by molar-refractivity contribution is 6.30. The molecule has 0 spiro atoms. The number of methoxy groups -OCH3 is 2. The zero-order chi connectivity index (χ0) is 17.5. The van der Waals surface area contributed by atoms with Crippen LogP contribution in [-0.4, -0.2) is 25.8 Å². The monoisotopic (exact) mass is 346 g/mol. The average Bonchev–Trinajstić information content (AvgIpc) is 2.61. The molecule has 2 aromatic carbocycles. The van der Waals surface area contributed by atoms with Gasteiger partial charge in [-0.2, -0.15) is 5.10 Å². The van der Waals surface area contributed by atoms with Gasteiger partial charge in [-0.25, -0.2) is 5.43 Å². The molecule has 0 atom stereocenters. The van der Waals surface area contributed by atoms with E-state index in [2.05, 4.69) is 10.5 Å². The predicted molar refractivity (Wildman–Crippen MR) is 95.1 cm³/mol. The van der Waals surface area contributed by atoms with Crippen molar-refractivity contribution in [3.63, 3.8) is 0 Å².